The van der Waals surface area contributed by atoms with Crippen LogP contribution in [0.2, 0.25) is 5.15 Å². The van der Waals surface area contributed by atoms with E-state index in [2.05, 4.69) is 24.1 Å². The normalized spacial score (nSPS) is 12.4. The van der Waals surface area contributed by atoms with Crippen molar-refractivity contribution >= 4 is 28.3 Å². The van der Waals surface area contributed by atoms with Crippen LogP contribution in [-0.2, 0) is 0 Å². The van der Waals surface area contributed by atoms with Crippen LogP contribution in [0.25, 0.3) is 10.8 Å². The largest absolute Gasteiger partial charge is 0.350 e. The van der Waals surface area contributed by atoms with Crippen LogP contribution in [-0.4, -0.2) is 17.4 Å². The fraction of sp³-hybridized carbons (Fsp3) is 0.333. The van der Waals surface area contributed by atoms with Crippen LogP contribution in [0.1, 0.15) is 30.8 Å². The molecular formula is C15H17ClN2O. The number of hydrogen-bond acceptors (Lipinski definition) is 2. The Hall–Kier alpha value is -1.61. The summed E-state index contributed by atoms with van der Waals surface area (Å²) in [6, 6.07) is 9.41. The minimum Gasteiger partial charge on any atom is -0.350 e. The molecule has 0 aliphatic rings. The van der Waals surface area contributed by atoms with Gasteiger partial charge in [0, 0.05) is 11.9 Å². The number of amides is 1. The average Bonchev–Trinajstić information content (AvgIpc) is 2.44. The van der Waals surface area contributed by atoms with Crippen molar-refractivity contribution in [2.45, 2.75) is 20.3 Å². The summed E-state index contributed by atoms with van der Waals surface area (Å²) in [7, 11) is 0. The first kappa shape index (κ1) is 13.8. The molecule has 3 nitrogen and oxygen atoms in total. The first-order valence-electron chi connectivity index (χ1n) is 6.45. The van der Waals surface area contributed by atoms with Gasteiger partial charge in [0.05, 0.1) is 0 Å². The Balaban J connectivity index is 2.23. The molecule has 0 bridgehead atoms. The minimum absolute atomic E-state index is 0.173. The molecule has 1 aromatic heterocycles. The van der Waals surface area contributed by atoms with Gasteiger partial charge in [-0.05, 0) is 17.4 Å². The van der Waals surface area contributed by atoms with Crippen LogP contribution in [0.3, 0.4) is 0 Å². The number of halogens is 1. The summed E-state index contributed by atoms with van der Waals surface area (Å²) in [5.74, 6) is 0.285. The van der Waals surface area contributed by atoms with Gasteiger partial charge in [0.25, 0.3) is 5.91 Å². The molecule has 100 valence electrons. The highest BCUT2D eigenvalue weighted by Crippen LogP contribution is 2.22. The van der Waals surface area contributed by atoms with Gasteiger partial charge in [-0.2, -0.15) is 0 Å². The summed E-state index contributed by atoms with van der Waals surface area (Å²) in [6.45, 7) is 4.85. The number of benzene rings is 1. The molecule has 0 fully saturated rings. The van der Waals surface area contributed by atoms with E-state index >= 15 is 0 Å². The molecule has 2 aromatic rings. The second-order valence-electron chi connectivity index (χ2n) is 4.74. The number of carbonyl (C=O) groups is 1. The molecule has 0 saturated heterocycles. The predicted molar refractivity (Wildman–Crippen MR) is 78.5 cm³/mol. The molecule has 0 aliphatic carbocycles. The number of pyridine rings is 1. The molecule has 0 aliphatic heterocycles. The maximum absolute atomic E-state index is 12.0. The van der Waals surface area contributed by atoms with Crippen molar-refractivity contribution < 1.29 is 4.79 Å². The van der Waals surface area contributed by atoms with E-state index in [9.17, 15) is 4.79 Å². The van der Waals surface area contributed by atoms with E-state index in [-0.39, 0.29) is 5.91 Å². The molecule has 0 spiro atoms. The molecule has 1 unspecified atom stereocenters. The average molecular weight is 277 g/mol. The number of carbonyl (C=O) groups excluding carboxylic acids is 1. The van der Waals surface area contributed by atoms with Crippen LogP contribution in [0.15, 0.2) is 30.3 Å². The zero-order valence-electron chi connectivity index (χ0n) is 11.1. The number of aromatic nitrogens is 1. The van der Waals surface area contributed by atoms with Crippen molar-refractivity contribution in [3.8, 4) is 0 Å². The summed E-state index contributed by atoms with van der Waals surface area (Å²) >= 11 is 6.11. The second kappa shape index (κ2) is 6.02. The van der Waals surface area contributed by atoms with Gasteiger partial charge in [0.1, 0.15) is 10.8 Å². The van der Waals surface area contributed by atoms with Crippen molar-refractivity contribution in [3.05, 3.63) is 41.2 Å². The number of rotatable bonds is 4. The first-order chi connectivity index (χ1) is 9.11. The standard InChI is InChI=1S/C15H17ClN2O/c1-3-10(2)9-17-15(19)13-8-11-6-4-5-7-12(11)14(16)18-13/h4-8,10H,3,9H2,1-2H3,(H,17,19). The van der Waals surface area contributed by atoms with E-state index in [0.29, 0.717) is 23.3 Å². The maximum Gasteiger partial charge on any atom is 0.269 e. The van der Waals surface area contributed by atoms with E-state index in [1.807, 2.05) is 24.3 Å². The van der Waals surface area contributed by atoms with E-state index in [4.69, 9.17) is 11.6 Å². The summed E-state index contributed by atoms with van der Waals surface area (Å²) in [5.41, 5.74) is 0.368. The lowest BCUT2D eigenvalue weighted by atomic mass is 10.1. The third-order valence-electron chi connectivity index (χ3n) is 3.23. The SMILES string of the molecule is CCC(C)CNC(=O)c1cc2ccccc2c(Cl)n1. The van der Waals surface area contributed by atoms with Crippen molar-refractivity contribution in [1.29, 1.82) is 0 Å². The van der Waals surface area contributed by atoms with Gasteiger partial charge < -0.3 is 5.32 Å². The number of nitrogens with zero attached hydrogens (tertiary/aromatic N) is 1. The Labute approximate surface area is 118 Å². The molecule has 1 N–H and O–H groups in total. The Kier molecular flexibility index (Phi) is 4.38. The van der Waals surface area contributed by atoms with Gasteiger partial charge in [0.15, 0.2) is 0 Å². The molecule has 1 aromatic carbocycles. The Morgan fingerprint density at radius 2 is 2.16 bits per heavy atom. The fourth-order valence-electron chi connectivity index (χ4n) is 1.77. The summed E-state index contributed by atoms with van der Waals surface area (Å²) in [4.78, 5) is 16.2. The lowest BCUT2D eigenvalue weighted by Gasteiger charge is -2.10. The second-order valence-corrected chi connectivity index (χ2v) is 5.10. The molecule has 0 saturated carbocycles. The van der Waals surface area contributed by atoms with Gasteiger partial charge in [-0.15, -0.1) is 0 Å². The smallest absolute Gasteiger partial charge is 0.269 e. The minimum atomic E-state index is -0.173. The summed E-state index contributed by atoms with van der Waals surface area (Å²) in [5, 5.41) is 5.04. The molecule has 19 heavy (non-hydrogen) atoms. The van der Waals surface area contributed by atoms with Crippen LogP contribution in [0.5, 0.6) is 0 Å². The van der Waals surface area contributed by atoms with Crippen LogP contribution in [0, 0.1) is 5.92 Å². The Bertz CT molecular complexity index is 598. The van der Waals surface area contributed by atoms with Gasteiger partial charge in [-0.3, -0.25) is 4.79 Å². The molecular weight excluding hydrogens is 260 g/mol. The molecule has 0 radical (unpaired) electrons. The highest BCUT2D eigenvalue weighted by molar-refractivity contribution is 6.34. The molecule has 1 atom stereocenters. The summed E-state index contributed by atoms with van der Waals surface area (Å²) in [6.07, 6.45) is 1.03. The zero-order chi connectivity index (χ0) is 13.8. The number of fused-ring (bicyclic) bond motifs is 1. The lowest BCUT2D eigenvalue weighted by molar-refractivity contribution is 0.0943. The quantitative estimate of drug-likeness (QED) is 0.866. The van der Waals surface area contributed by atoms with Crippen molar-refractivity contribution in [3.63, 3.8) is 0 Å². The van der Waals surface area contributed by atoms with E-state index in [0.717, 1.165) is 17.2 Å². The van der Waals surface area contributed by atoms with Crippen LogP contribution < -0.4 is 5.32 Å². The first-order valence-corrected chi connectivity index (χ1v) is 6.83. The number of nitrogens with one attached hydrogen (secondary N) is 1. The van der Waals surface area contributed by atoms with Gasteiger partial charge in [-0.1, -0.05) is 56.1 Å². The number of hydrogen-bond donors (Lipinski definition) is 1. The lowest BCUT2D eigenvalue weighted by Crippen LogP contribution is -2.28. The van der Waals surface area contributed by atoms with Gasteiger partial charge in [0.2, 0.25) is 0 Å². The Morgan fingerprint density at radius 3 is 2.89 bits per heavy atom. The molecule has 4 heteroatoms. The molecule has 1 amide bonds. The summed E-state index contributed by atoms with van der Waals surface area (Å²) < 4.78 is 0. The van der Waals surface area contributed by atoms with E-state index in [1.165, 1.54) is 0 Å². The fourth-order valence-corrected chi connectivity index (χ4v) is 2.04. The highest BCUT2D eigenvalue weighted by Gasteiger charge is 2.11. The third-order valence-corrected chi connectivity index (χ3v) is 3.52. The highest BCUT2D eigenvalue weighted by atomic mass is 35.5. The van der Waals surface area contributed by atoms with Crippen molar-refractivity contribution in [2.24, 2.45) is 5.92 Å². The van der Waals surface area contributed by atoms with Crippen LogP contribution in [0.4, 0.5) is 0 Å². The van der Waals surface area contributed by atoms with Crippen LogP contribution >= 0.6 is 11.6 Å². The Morgan fingerprint density at radius 1 is 1.42 bits per heavy atom. The third kappa shape index (κ3) is 3.24. The topological polar surface area (TPSA) is 42.0 Å². The molecule has 1 heterocycles. The van der Waals surface area contributed by atoms with E-state index < -0.39 is 0 Å². The molecule has 2 rings (SSSR count). The van der Waals surface area contributed by atoms with Crippen molar-refractivity contribution in [2.75, 3.05) is 6.54 Å². The predicted octanol–water partition coefficient (Wildman–Crippen LogP) is 3.66. The van der Waals surface area contributed by atoms with Crippen molar-refractivity contribution in [1.82, 2.24) is 10.3 Å². The van der Waals surface area contributed by atoms with Gasteiger partial charge >= 0.3 is 0 Å². The maximum atomic E-state index is 12.0. The van der Waals surface area contributed by atoms with Gasteiger partial charge in [-0.25, -0.2) is 4.98 Å². The van der Waals surface area contributed by atoms with E-state index in [1.54, 1.807) is 6.07 Å². The zero-order valence-corrected chi connectivity index (χ0v) is 11.9. The monoisotopic (exact) mass is 276 g/mol.